The van der Waals surface area contributed by atoms with E-state index in [2.05, 4.69) is 38.9 Å². The van der Waals surface area contributed by atoms with E-state index in [1.807, 2.05) is 28.5 Å². The molecule has 5 rings (SSSR count). The minimum atomic E-state index is -0.469. The Labute approximate surface area is 178 Å². The number of aromatic nitrogens is 2. The monoisotopic (exact) mass is 497 g/mol. The Morgan fingerprint density at radius 1 is 1.38 bits per heavy atom. The molecule has 0 radical (unpaired) electrons. The van der Waals surface area contributed by atoms with Gasteiger partial charge in [-0.15, -0.1) is 0 Å². The fraction of sp³-hybridized carbons (Fsp3) is 0.182. The van der Waals surface area contributed by atoms with Gasteiger partial charge in [0.15, 0.2) is 0 Å². The van der Waals surface area contributed by atoms with Crippen LogP contribution in [-0.4, -0.2) is 29.4 Å². The van der Waals surface area contributed by atoms with E-state index in [9.17, 15) is 4.79 Å². The summed E-state index contributed by atoms with van der Waals surface area (Å²) in [6.45, 7) is 4.24. The summed E-state index contributed by atoms with van der Waals surface area (Å²) in [5, 5.41) is 16.2. The Bertz CT molecular complexity index is 1210. The number of rotatable bonds is 3. The van der Waals surface area contributed by atoms with E-state index in [0.29, 0.717) is 10.3 Å². The van der Waals surface area contributed by atoms with Crippen molar-refractivity contribution < 1.29 is 4.79 Å². The zero-order valence-electron chi connectivity index (χ0n) is 15.7. The van der Waals surface area contributed by atoms with Crippen LogP contribution in [0.2, 0.25) is 0 Å². The van der Waals surface area contributed by atoms with Gasteiger partial charge in [-0.1, -0.05) is 24.8 Å². The molecule has 29 heavy (non-hydrogen) atoms. The summed E-state index contributed by atoms with van der Waals surface area (Å²) >= 11 is -0.469. The van der Waals surface area contributed by atoms with Crippen LogP contribution < -0.4 is 10.6 Å². The second kappa shape index (κ2) is 7.22. The Morgan fingerprint density at radius 3 is 3.10 bits per heavy atom. The molecule has 1 amide bonds. The van der Waals surface area contributed by atoms with E-state index in [-0.39, 0.29) is 11.9 Å². The van der Waals surface area contributed by atoms with Crippen LogP contribution in [0.1, 0.15) is 17.7 Å². The summed E-state index contributed by atoms with van der Waals surface area (Å²) in [5.74, 6) is 0.827. The summed E-state index contributed by atoms with van der Waals surface area (Å²) in [6.07, 6.45) is 4.94. The molecule has 2 aliphatic heterocycles. The van der Waals surface area contributed by atoms with Gasteiger partial charge in [-0.3, -0.25) is 15.2 Å². The molecule has 146 valence electrons. The first-order chi connectivity index (χ1) is 14.2. The highest BCUT2D eigenvalue weighted by atomic mass is 127. The second-order valence-electron chi connectivity index (χ2n) is 7.20. The lowest BCUT2D eigenvalue weighted by Crippen LogP contribution is -2.40. The Hall–Kier alpha value is -2.81. The topological polar surface area (TPSA) is 82.8 Å². The number of nitrogens with one attached hydrogen (secondary N) is 3. The number of hydrogen-bond acceptors (Lipinski definition) is 4. The van der Waals surface area contributed by atoms with Gasteiger partial charge in [0.2, 0.25) is 5.91 Å². The van der Waals surface area contributed by atoms with Gasteiger partial charge in [0.25, 0.3) is 0 Å². The Morgan fingerprint density at radius 2 is 2.24 bits per heavy atom. The maximum Gasteiger partial charge on any atom is 0.243 e. The molecular formula is C22H20IN5O. The predicted octanol–water partition coefficient (Wildman–Crippen LogP) is 3.80. The number of carbonyl (C=O) groups is 1. The van der Waals surface area contributed by atoms with Gasteiger partial charge in [0.1, 0.15) is 5.82 Å². The molecule has 1 atom stereocenters. The number of pyridine rings is 1. The molecule has 0 saturated heterocycles. The Kier molecular flexibility index (Phi) is 4.54. The number of halogens is 1. The molecule has 6 nitrogen and oxygen atoms in total. The first kappa shape index (κ1) is 18.2. The number of carbonyl (C=O) groups excluding carboxylic acids is 1. The molecule has 1 aromatic carbocycles. The van der Waals surface area contributed by atoms with Crippen LogP contribution in [0.15, 0.2) is 49.2 Å². The number of amides is 1. The van der Waals surface area contributed by atoms with Gasteiger partial charge in [0.05, 0.1) is 14.8 Å². The molecule has 4 heterocycles. The molecule has 0 spiro atoms. The van der Waals surface area contributed by atoms with Crippen molar-refractivity contribution >= 4 is 51.2 Å². The SMILES string of the molecule is C=CC(=O)N[C@H]1CCc2c(-c3cnc4ccccc4c3)c3c(n2C1)NC=IC3=N. The number of benzene rings is 1. The number of anilines is 1. The van der Waals surface area contributed by atoms with Crippen molar-refractivity contribution in [2.45, 2.75) is 25.4 Å². The van der Waals surface area contributed by atoms with Crippen molar-refractivity contribution in [3.8, 4) is 11.1 Å². The molecule has 2 aliphatic rings. The van der Waals surface area contributed by atoms with Crippen molar-refractivity contribution in [3.63, 3.8) is 0 Å². The third-order valence-electron chi connectivity index (χ3n) is 5.49. The largest absolute Gasteiger partial charge is 0.348 e. The highest BCUT2D eigenvalue weighted by Gasteiger charge is 2.31. The molecule has 7 heteroatoms. The lowest BCUT2D eigenvalue weighted by atomic mass is 9.96. The summed E-state index contributed by atoms with van der Waals surface area (Å²) in [5.41, 5.74) is 5.37. The van der Waals surface area contributed by atoms with Crippen LogP contribution >= 0.6 is 20.7 Å². The molecule has 0 saturated carbocycles. The van der Waals surface area contributed by atoms with Crippen molar-refractivity contribution in [2.75, 3.05) is 5.32 Å². The van der Waals surface area contributed by atoms with Crippen LogP contribution in [-0.2, 0) is 17.8 Å². The summed E-state index contributed by atoms with van der Waals surface area (Å²) < 4.78 is 4.99. The van der Waals surface area contributed by atoms with E-state index in [4.69, 9.17) is 5.41 Å². The number of fused-ring (bicyclic) bond motifs is 4. The standard InChI is InChI=1S/C22H20IN5O/c1-2-18(29)27-15-7-8-17-19(14-9-13-5-3-4-6-16(13)25-10-14)20-21(24)23-12-26-22(20)28(17)11-15/h2-6,9-10,12,15,24,26H,1,7-8,11H2,(H,27,29)/t15-/m0/s1. The van der Waals surface area contributed by atoms with Crippen molar-refractivity contribution in [1.29, 1.82) is 5.41 Å². The van der Waals surface area contributed by atoms with Gasteiger partial charge < -0.3 is 15.2 Å². The first-order valence-corrected chi connectivity index (χ1v) is 11.8. The number of nitrogens with zero attached hydrogens (tertiary/aromatic N) is 2. The third kappa shape index (κ3) is 3.09. The van der Waals surface area contributed by atoms with Gasteiger partial charge in [-0.05, 0) is 51.8 Å². The maximum atomic E-state index is 11.8. The maximum absolute atomic E-state index is 11.8. The highest BCUT2D eigenvalue weighted by Crippen LogP contribution is 2.42. The van der Waals surface area contributed by atoms with Crippen molar-refractivity contribution in [1.82, 2.24) is 14.9 Å². The first-order valence-electron chi connectivity index (χ1n) is 9.49. The van der Waals surface area contributed by atoms with Gasteiger partial charge in [-0.25, -0.2) is 0 Å². The van der Waals surface area contributed by atoms with E-state index < -0.39 is 20.7 Å². The second-order valence-corrected chi connectivity index (χ2v) is 9.52. The molecule has 0 aliphatic carbocycles. The molecule has 0 fully saturated rings. The van der Waals surface area contributed by atoms with Crippen molar-refractivity contribution in [3.05, 3.63) is 60.4 Å². The fourth-order valence-electron chi connectivity index (χ4n) is 4.20. The van der Waals surface area contributed by atoms with E-state index in [0.717, 1.165) is 46.3 Å². The summed E-state index contributed by atoms with van der Waals surface area (Å²) in [7, 11) is 0. The quantitative estimate of drug-likeness (QED) is 0.381. The summed E-state index contributed by atoms with van der Waals surface area (Å²) in [6, 6.07) is 10.3. The lowest BCUT2D eigenvalue weighted by molar-refractivity contribution is -0.117. The smallest absolute Gasteiger partial charge is 0.243 e. The molecular weight excluding hydrogens is 477 g/mol. The summed E-state index contributed by atoms with van der Waals surface area (Å²) in [4.78, 5) is 16.4. The third-order valence-corrected chi connectivity index (χ3v) is 7.27. The van der Waals surface area contributed by atoms with Gasteiger partial charge in [0, 0.05) is 45.1 Å². The van der Waals surface area contributed by atoms with E-state index in [1.165, 1.54) is 11.8 Å². The Balaban J connectivity index is 1.65. The fourth-order valence-corrected chi connectivity index (χ4v) is 5.80. The van der Waals surface area contributed by atoms with Gasteiger partial charge >= 0.3 is 0 Å². The zero-order valence-corrected chi connectivity index (χ0v) is 17.9. The average molecular weight is 497 g/mol. The number of hydrogen-bond donors (Lipinski definition) is 3. The lowest BCUT2D eigenvalue weighted by Gasteiger charge is -2.27. The molecule has 2 aromatic heterocycles. The molecule has 3 aromatic rings. The van der Waals surface area contributed by atoms with Crippen molar-refractivity contribution in [2.24, 2.45) is 0 Å². The van der Waals surface area contributed by atoms with E-state index >= 15 is 0 Å². The van der Waals surface area contributed by atoms with Gasteiger partial charge in [-0.2, -0.15) is 0 Å². The van der Waals surface area contributed by atoms with Crippen LogP contribution in [0.5, 0.6) is 0 Å². The molecule has 0 bridgehead atoms. The minimum Gasteiger partial charge on any atom is -0.348 e. The minimum absolute atomic E-state index is 0.0553. The predicted molar refractivity (Wildman–Crippen MR) is 126 cm³/mol. The van der Waals surface area contributed by atoms with Crippen LogP contribution in [0.4, 0.5) is 5.82 Å². The normalized spacial score (nSPS) is 17.7. The average Bonchev–Trinajstić information content (AvgIpc) is 3.08. The number of para-hydroxylation sites is 1. The molecule has 0 unspecified atom stereocenters. The highest BCUT2D eigenvalue weighted by molar-refractivity contribution is 14.2. The van der Waals surface area contributed by atoms with Crippen LogP contribution in [0.3, 0.4) is 0 Å². The van der Waals surface area contributed by atoms with E-state index in [1.54, 1.807) is 0 Å². The van der Waals surface area contributed by atoms with Crippen LogP contribution in [0.25, 0.3) is 22.0 Å². The van der Waals surface area contributed by atoms with Crippen LogP contribution in [0, 0.1) is 5.41 Å². The zero-order chi connectivity index (χ0) is 20.0. The molecule has 3 N–H and O–H groups in total.